The van der Waals surface area contributed by atoms with E-state index in [0.717, 1.165) is 49.2 Å². The van der Waals surface area contributed by atoms with Crippen LogP contribution in [0.4, 0.5) is 0 Å². The molecular weight excluding hydrogens is 539 g/mol. The highest BCUT2D eigenvalue weighted by Crippen LogP contribution is 2.19. The maximum absolute atomic E-state index is 11.5. The number of nitrogens with zero attached hydrogens (tertiary/aromatic N) is 4. The summed E-state index contributed by atoms with van der Waals surface area (Å²) in [5, 5.41) is 4.18. The molecule has 7 nitrogen and oxygen atoms in total. The van der Waals surface area contributed by atoms with Crippen molar-refractivity contribution in [1.29, 1.82) is 0 Å². The number of likely N-dealkylation sites (tertiary alicyclic amines) is 1. The second-order valence-electron chi connectivity index (χ2n) is 8.31. The monoisotopic (exact) mass is 572 g/mol. The van der Waals surface area contributed by atoms with Crippen molar-refractivity contribution in [2.24, 2.45) is 23.7 Å². The molecule has 32 heavy (non-hydrogen) atoms. The summed E-state index contributed by atoms with van der Waals surface area (Å²) < 4.78 is 2.03. The smallest absolute Gasteiger partial charge is 0.221 e. The van der Waals surface area contributed by atoms with Crippen LogP contribution in [0.25, 0.3) is 0 Å². The Balaban J connectivity index is 0.00000363. The number of guanidine groups is 1. The van der Waals surface area contributed by atoms with Crippen molar-refractivity contribution in [3.05, 3.63) is 58.4 Å². The van der Waals surface area contributed by atoms with Crippen LogP contribution in [-0.4, -0.2) is 53.4 Å². The summed E-state index contributed by atoms with van der Waals surface area (Å²) in [5.41, 5.74) is 9.07. The Hall–Kier alpha value is -1.78. The van der Waals surface area contributed by atoms with Gasteiger partial charge >= 0.3 is 0 Å². The van der Waals surface area contributed by atoms with E-state index in [1.807, 2.05) is 30.9 Å². The van der Waals surface area contributed by atoms with Crippen molar-refractivity contribution in [2.45, 2.75) is 32.5 Å². The SMILES string of the molecule is CN=C(NCc1cccc(CN2CCCC(C(N)=O)C2)c1)N(C)Cc1cc(Cl)cn1C.I. The van der Waals surface area contributed by atoms with Crippen molar-refractivity contribution in [3.8, 4) is 0 Å². The average molecular weight is 573 g/mol. The number of hydrogen-bond donors (Lipinski definition) is 2. The molecule has 1 fully saturated rings. The van der Waals surface area contributed by atoms with E-state index < -0.39 is 0 Å². The fourth-order valence-electron chi connectivity index (χ4n) is 4.13. The van der Waals surface area contributed by atoms with Crippen LogP contribution < -0.4 is 11.1 Å². The molecule has 3 N–H and O–H groups in total. The molecular formula is C23H34ClIN6O. The molecule has 0 aliphatic carbocycles. The van der Waals surface area contributed by atoms with Crippen molar-refractivity contribution in [1.82, 2.24) is 19.7 Å². The number of piperidine rings is 1. The fourth-order valence-corrected chi connectivity index (χ4v) is 4.41. The van der Waals surface area contributed by atoms with Crippen molar-refractivity contribution in [2.75, 3.05) is 27.2 Å². The summed E-state index contributed by atoms with van der Waals surface area (Å²) in [6, 6.07) is 10.5. The largest absolute Gasteiger partial charge is 0.369 e. The van der Waals surface area contributed by atoms with E-state index in [0.29, 0.717) is 13.1 Å². The number of rotatable bonds is 7. The predicted octanol–water partition coefficient (Wildman–Crippen LogP) is 3.20. The number of aliphatic imine (C=N–C) groups is 1. The number of aryl methyl sites for hydroxylation is 1. The maximum Gasteiger partial charge on any atom is 0.221 e. The molecule has 2 heterocycles. The molecule has 1 amide bonds. The molecule has 1 aromatic carbocycles. The molecule has 3 rings (SSSR count). The molecule has 1 aromatic heterocycles. The van der Waals surface area contributed by atoms with Crippen LogP contribution in [0.3, 0.4) is 0 Å². The van der Waals surface area contributed by atoms with Gasteiger partial charge in [-0.05, 0) is 36.6 Å². The number of benzene rings is 1. The lowest BCUT2D eigenvalue weighted by Crippen LogP contribution is -2.40. The van der Waals surface area contributed by atoms with E-state index in [4.69, 9.17) is 17.3 Å². The topological polar surface area (TPSA) is 78.9 Å². The summed E-state index contributed by atoms with van der Waals surface area (Å²) in [6.07, 6.45) is 3.82. The first-order chi connectivity index (χ1) is 14.9. The Bertz CT molecular complexity index is 931. The van der Waals surface area contributed by atoms with Gasteiger partial charge in [0.25, 0.3) is 0 Å². The van der Waals surface area contributed by atoms with Gasteiger partial charge in [-0.25, -0.2) is 0 Å². The van der Waals surface area contributed by atoms with E-state index >= 15 is 0 Å². The van der Waals surface area contributed by atoms with Crippen LogP contribution in [0, 0.1) is 5.92 Å². The van der Waals surface area contributed by atoms with Gasteiger partial charge in [0, 0.05) is 52.7 Å². The van der Waals surface area contributed by atoms with Crippen LogP contribution in [0.15, 0.2) is 41.5 Å². The normalized spacial score (nSPS) is 17.0. The lowest BCUT2D eigenvalue weighted by molar-refractivity contribution is -0.123. The quantitative estimate of drug-likeness (QED) is 0.304. The number of carbonyl (C=O) groups excluding carboxylic acids is 1. The van der Waals surface area contributed by atoms with Crippen LogP contribution >= 0.6 is 35.6 Å². The van der Waals surface area contributed by atoms with Crippen molar-refractivity contribution >= 4 is 47.4 Å². The number of halogens is 2. The summed E-state index contributed by atoms with van der Waals surface area (Å²) in [6.45, 7) is 3.98. The first-order valence-electron chi connectivity index (χ1n) is 10.7. The van der Waals surface area contributed by atoms with Crippen LogP contribution in [0.2, 0.25) is 5.02 Å². The standard InChI is InChI=1S/C23H33ClN6O.HI/c1-26-23(29(3)16-21-11-20(24)15-28(21)2)27-12-17-6-4-7-18(10-17)13-30-9-5-8-19(14-30)22(25)31;/h4,6-7,10-11,15,19H,5,8-9,12-14,16H2,1-3H3,(H2,25,31)(H,26,27);1H. The molecule has 2 aromatic rings. The van der Waals surface area contributed by atoms with Gasteiger partial charge in [-0.1, -0.05) is 35.9 Å². The molecule has 1 atom stereocenters. The molecule has 0 bridgehead atoms. The van der Waals surface area contributed by atoms with Crippen LogP contribution in [-0.2, 0) is 31.5 Å². The zero-order valence-electron chi connectivity index (χ0n) is 19.1. The second kappa shape index (κ2) is 12.5. The number of primary amides is 1. The number of carbonyl (C=O) groups is 1. The molecule has 1 aliphatic rings. The Labute approximate surface area is 213 Å². The Kier molecular flexibility index (Phi) is 10.3. The third-order valence-electron chi connectivity index (χ3n) is 5.80. The van der Waals surface area contributed by atoms with E-state index in [1.165, 1.54) is 11.1 Å². The third kappa shape index (κ3) is 7.38. The highest BCUT2D eigenvalue weighted by atomic mass is 127. The third-order valence-corrected chi connectivity index (χ3v) is 6.01. The zero-order valence-corrected chi connectivity index (χ0v) is 22.1. The van der Waals surface area contributed by atoms with Gasteiger partial charge in [0.2, 0.25) is 5.91 Å². The van der Waals surface area contributed by atoms with Gasteiger partial charge in [0.1, 0.15) is 0 Å². The maximum atomic E-state index is 11.5. The van der Waals surface area contributed by atoms with E-state index in [2.05, 4.69) is 44.4 Å². The summed E-state index contributed by atoms with van der Waals surface area (Å²) in [5.74, 6) is 0.607. The highest BCUT2D eigenvalue weighted by molar-refractivity contribution is 14.0. The molecule has 0 saturated carbocycles. The number of nitrogens with two attached hydrogens (primary N) is 1. The van der Waals surface area contributed by atoms with Crippen molar-refractivity contribution in [3.63, 3.8) is 0 Å². The minimum absolute atomic E-state index is 0. The van der Waals surface area contributed by atoms with Crippen molar-refractivity contribution < 1.29 is 4.79 Å². The molecule has 176 valence electrons. The molecule has 0 spiro atoms. The summed E-state index contributed by atoms with van der Waals surface area (Å²) in [4.78, 5) is 20.4. The van der Waals surface area contributed by atoms with Gasteiger partial charge < -0.3 is 20.5 Å². The first-order valence-corrected chi connectivity index (χ1v) is 11.1. The Morgan fingerprint density at radius 3 is 2.75 bits per heavy atom. The van der Waals surface area contributed by atoms with Gasteiger partial charge in [-0.2, -0.15) is 0 Å². The van der Waals surface area contributed by atoms with Gasteiger partial charge in [-0.15, -0.1) is 24.0 Å². The molecule has 9 heteroatoms. The minimum atomic E-state index is -0.184. The molecule has 1 aliphatic heterocycles. The van der Waals surface area contributed by atoms with E-state index in [9.17, 15) is 4.79 Å². The Morgan fingerprint density at radius 1 is 1.34 bits per heavy atom. The zero-order chi connectivity index (χ0) is 22.4. The molecule has 1 unspecified atom stereocenters. The van der Waals surface area contributed by atoms with Crippen LogP contribution in [0.5, 0.6) is 0 Å². The molecule has 1 saturated heterocycles. The summed E-state index contributed by atoms with van der Waals surface area (Å²) >= 11 is 6.10. The fraction of sp³-hybridized carbons (Fsp3) is 0.478. The Morgan fingerprint density at radius 2 is 2.09 bits per heavy atom. The number of aromatic nitrogens is 1. The first kappa shape index (κ1) is 26.5. The molecule has 0 radical (unpaired) electrons. The average Bonchev–Trinajstić information content (AvgIpc) is 3.05. The number of nitrogens with one attached hydrogen (secondary N) is 1. The van der Waals surface area contributed by atoms with Crippen LogP contribution in [0.1, 0.15) is 29.7 Å². The number of hydrogen-bond acceptors (Lipinski definition) is 3. The van der Waals surface area contributed by atoms with Gasteiger partial charge in [-0.3, -0.25) is 14.7 Å². The van der Waals surface area contributed by atoms with E-state index in [-0.39, 0.29) is 35.8 Å². The number of amides is 1. The summed E-state index contributed by atoms with van der Waals surface area (Å²) in [7, 11) is 5.79. The minimum Gasteiger partial charge on any atom is -0.369 e. The van der Waals surface area contributed by atoms with E-state index in [1.54, 1.807) is 7.05 Å². The lowest BCUT2D eigenvalue weighted by Gasteiger charge is -2.31. The predicted molar refractivity (Wildman–Crippen MR) is 141 cm³/mol. The lowest BCUT2D eigenvalue weighted by atomic mass is 9.97. The highest BCUT2D eigenvalue weighted by Gasteiger charge is 2.23. The second-order valence-corrected chi connectivity index (χ2v) is 8.75. The van der Waals surface area contributed by atoms with Gasteiger partial charge in [0.15, 0.2) is 5.96 Å². The van der Waals surface area contributed by atoms with Gasteiger partial charge in [0.05, 0.1) is 17.5 Å².